The van der Waals surface area contributed by atoms with Crippen LogP contribution in [0.2, 0.25) is 0 Å². The van der Waals surface area contributed by atoms with E-state index in [0.717, 1.165) is 89.9 Å². The third kappa shape index (κ3) is 65.9. The predicted molar refractivity (Wildman–Crippen MR) is 348 cm³/mol. The quantitative estimate of drug-likeness (QED) is 0.0261. The van der Waals surface area contributed by atoms with E-state index < -0.39 is 6.10 Å². The molecular formula is C74H134O6. The lowest BCUT2D eigenvalue weighted by atomic mass is 10.0. The molecule has 0 aliphatic heterocycles. The molecule has 0 radical (unpaired) electrons. The molecule has 0 aromatic heterocycles. The zero-order chi connectivity index (χ0) is 57.8. The van der Waals surface area contributed by atoms with Crippen molar-refractivity contribution in [1.29, 1.82) is 0 Å². The van der Waals surface area contributed by atoms with Gasteiger partial charge < -0.3 is 14.2 Å². The van der Waals surface area contributed by atoms with Gasteiger partial charge in [-0.05, 0) is 83.5 Å². The molecule has 0 rings (SSSR count). The molecule has 0 N–H and O–H groups in total. The van der Waals surface area contributed by atoms with Crippen molar-refractivity contribution in [2.75, 3.05) is 13.2 Å². The highest BCUT2D eigenvalue weighted by atomic mass is 16.6. The van der Waals surface area contributed by atoms with Crippen molar-refractivity contribution in [3.63, 3.8) is 0 Å². The maximum Gasteiger partial charge on any atom is 0.306 e. The van der Waals surface area contributed by atoms with Gasteiger partial charge >= 0.3 is 17.9 Å². The summed E-state index contributed by atoms with van der Waals surface area (Å²) in [6.45, 7) is 6.56. The first-order chi connectivity index (χ1) is 39.5. The molecule has 1 unspecified atom stereocenters. The number of unbranched alkanes of at least 4 members (excludes halogenated alkanes) is 44. The van der Waals surface area contributed by atoms with Gasteiger partial charge in [-0.25, -0.2) is 0 Å². The van der Waals surface area contributed by atoms with Gasteiger partial charge in [0.25, 0.3) is 0 Å². The predicted octanol–water partition coefficient (Wildman–Crippen LogP) is 24.3. The van der Waals surface area contributed by atoms with Gasteiger partial charge in [0, 0.05) is 19.3 Å². The van der Waals surface area contributed by atoms with E-state index in [2.05, 4.69) is 81.5 Å². The Labute approximate surface area is 498 Å². The molecular weight excluding hydrogens is 985 g/mol. The normalized spacial score (nSPS) is 12.4. The number of hydrogen-bond acceptors (Lipinski definition) is 6. The molecule has 6 heteroatoms. The highest BCUT2D eigenvalue weighted by Crippen LogP contribution is 2.18. The van der Waals surface area contributed by atoms with Crippen molar-refractivity contribution in [3.05, 3.63) is 60.8 Å². The van der Waals surface area contributed by atoms with E-state index in [1.54, 1.807) is 0 Å². The summed E-state index contributed by atoms with van der Waals surface area (Å²) < 4.78 is 16.9. The Morgan fingerprint density at radius 3 is 0.775 bits per heavy atom. The third-order valence-corrected chi connectivity index (χ3v) is 15.8. The lowest BCUT2D eigenvalue weighted by Crippen LogP contribution is -2.30. The Morgan fingerprint density at radius 2 is 0.487 bits per heavy atom. The van der Waals surface area contributed by atoms with E-state index in [9.17, 15) is 14.4 Å². The van der Waals surface area contributed by atoms with Crippen molar-refractivity contribution in [2.24, 2.45) is 0 Å². The first-order valence-corrected chi connectivity index (χ1v) is 35.3. The molecule has 0 aliphatic carbocycles. The summed E-state index contributed by atoms with van der Waals surface area (Å²) >= 11 is 0. The zero-order valence-electron chi connectivity index (χ0n) is 53.6. The molecule has 0 saturated heterocycles. The van der Waals surface area contributed by atoms with Crippen molar-refractivity contribution in [1.82, 2.24) is 0 Å². The molecule has 6 nitrogen and oxygen atoms in total. The van der Waals surface area contributed by atoms with Crippen molar-refractivity contribution in [3.8, 4) is 0 Å². The number of carbonyl (C=O) groups excluding carboxylic acids is 3. The van der Waals surface area contributed by atoms with E-state index in [1.807, 2.05) is 0 Å². The van der Waals surface area contributed by atoms with Crippen LogP contribution < -0.4 is 0 Å². The van der Waals surface area contributed by atoms with Crippen molar-refractivity contribution < 1.29 is 28.6 Å². The smallest absolute Gasteiger partial charge is 0.306 e. The fourth-order valence-corrected chi connectivity index (χ4v) is 10.5. The van der Waals surface area contributed by atoms with E-state index in [1.165, 1.54) is 244 Å². The molecule has 0 saturated carbocycles. The highest BCUT2D eigenvalue weighted by molar-refractivity contribution is 5.71. The van der Waals surface area contributed by atoms with E-state index >= 15 is 0 Å². The highest BCUT2D eigenvalue weighted by Gasteiger charge is 2.19. The molecule has 0 bridgehead atoms. The van der Waals surface area contributed by atoms with Crippen LogP contribution in [0.15, 0.2) is 60.8 Å². The number of allylic oxidation sites excluding steroid dienone is 10. The number of rotatable bonds is 65. The molecule has 0 aromatic carbocycles. The first kappa shape index (κ1) is 77.1. The zero-order valence-corrected chi connectivity index (χ0v) is 53.6. The molecule has 0 aromatic rings. The summed E-state index contributed by atoms with van der Waals surface area (Å²) in [6.07, 6.45) is 88.4. The topological polar surface area (TPSA) is 78.9 Å². The van der Waals surface area contributed by atoms with Crippen LogP contribution in [0.4, 0.5) is 0 Å². The van der Waals surface area contributed by atoms with Crippen LogP contribution in [0.1, 0.15) is 374 Å². The van der Waals surface area contributed by atoms with Crippen molar-refractivity contribution in [2.45, 2.75) is 380 Å². The number of hydrogen-bond donors (Lipinski definition) is 0. The summed E-state index contributed by atoms with van der Waals surface area (Å²) in [6, 6.07) is 0. The first-order valence-electron chi connectivity index (χ1n) is 35.3. The van der Waals surface area contributed by atoms with Gasteiger partial charge in [-0.1, -0.05) is 332 Å². The fraction of sp³-hybridized carbons (Fsp3) is 0.824. The Kier molecular flexibility index (Phi) is 66.1. The van der Waals surface area contributed by atoms with E-state index in [4.69, 9.17) is 14.2 Å². The largest absolute Gasteiger partial charge is 0.462 e. The van der Waals surface area contributed by atoms with Crippen LogP contribution >= 0.6 is 0 Å². The van der Waals surface area contributed by atoms with Crippen molar-refractivity contribution >= 4 is 17.9 Å². The lowest BCUT2D eigenvalue weighted by Gasteiger charge is -2.18. The van der Waals surface area contributed by atoms with Gasteiger partial charge in [0.2, 0.25) is 0 Å². The maximum absolute atomic E-state index is 12.9. The summed E-state index contributed by atoms with van der Waals surface area (Å²) in [7, 11) is 0. The summed E-state index contributed by atoms with van der Waals surface area (Å²) in [4.78, 5) is 38.3. The number of esters is 3. The van der Waals surface area contributed by atoms with Gasteiger partial charge in [0.15, 0.2) is 6.10 Å². The molecule has 0 heterocycles. The average molecular weight is 1120 g/mol. The minimum absolute atomic E-state index is 0.0730. The molecule has 1 atom stereocenters. The second-order valence-corrected chi connectivity index (χ2v) is 23.8. The minimum Gasteiger partial charge on any atom is -0.462 e. The van der Waals surface area contributed by atoms with Gasteiger partial charge in [0.1, 0.15) is 13.2 Å². The Balaban J connectivity index is 4.12. The van der Waals surface area contributed by atoms with Crippen LogP contribution in [-0.4, -0.2) is 37.2 Å². The van der Waals surface area contributed by atoms with Gasteiger partial charge in [-0.3, -0.25) is 14.4 Å². The minimum atomic E-state index is -0.776. The monoisotopic (exact) mass is 1120 g/mol. The van der Waals surface area contributed by atoms with E-state index in [0.29, 0.717) is 19.3 Å². The van der Waals surface area contributed by atoms with Crippen LogP contribution in [0.5, 0.6) is 0 Å². The number of carbonyl (C=O) groups is 3. The Morgan fingerprint density at radius 1 is 0.263 bits per heavy atom. The van der Waals surface area contributed by atoms with Crippen LogP contribution in [-0.2, 0) is 28.6 Å². The summed E-state index contributed by atoms with van der Waals surface area (Å²) in [5.41, 5.74) is 0. The molecule has 0 amide bonds. The maximum atomic E-state index is 12.9. The van der Waals surface area contributed by atoms with Gasteiger partial charge in [-0.2, -0.15) is 0 Å². The second kappa shape index (κ2) is 68.6. The molecule has 80 heavy (non-hydrogen) atoms. The van der Waals surface area contributed by atoms with Crippen LogP contribution in [0, 0.1) is 0 Å². The Bertz CT molecular complexity index is 1430. The Hall–Kier alpha value is -2.89. The summed E-state index contributed by atoms with van der Waals surface area (Å²) in [5.74, 6) is -0.861. The van der Waals surface area contributed by atoms with Gasteiger partial charge in [0.05, 0.1) is 0 Å². The third-order valence-electron chi connectivity index (χ3n) is 15.8. The SMILES string of the molecule is CC/C=C\C/C=C\C/C=C\C/C=C\CCCCCCCCCCC(=O)OC(COC(=O)CCCCCCCCCCCC)COC(=O)CCCCCCCCCCCCCCCCCCCCC/C=C\CCCCCCCCCC. The number of ether oxygens (including phenoxy) is 3. The lowest BCUT2D eigenvalue weighted by molar-refractivity contribution is -0.167. The van der Waals surface area contributed by atoms with Gasteiger partial charge in [-0.15, -0.1) is 0 Å². The van der Waals surface area contributed by atoms with Crippen LogP contribution in [0.25, 0.3) is 0 Å². The standard InChI is InChI=1S/C74H134O6/c1-4-7-10-13-16-19-22-24-26-28-30-32-33-34-35-36-37-38-39-40-41-43-44-46-48-50-52-55-58-61-64-67-73(76)79-70-71(69-78-72(75)66-63-60-57-54-21-18-15-12-9-6-3)80-74(77)68-65-62-59-56-53-51-49-47-45-42-31-29-27-25-23-20-17-14-11-8-5-2/h8,11,17,20,25,27-28,30-31,42,71H,4-7,9-10,12-16,18-19,21-24,26,29,32-41,43-70H2,1-3H3/b11-8-,20-17-,27-25-,30-28-,42-31-. The summed E-state index contributed by atoms with van der Waals surface area (Å²) in [5, 5.41) is 0. The average Bonchev–Trinajstić information content (AvgIpc) is 3.46. The van der Waals surface area contributed by atoms with Crippen LogP contribution in [0.3, 0.4) is 0 Å². The fourth-order valence-electron chi connectivity index (χ4n) is 10.5. The molecule has 466 valence electrons. The molecule has 0 spiro atoms. The molecule has 0 fully saturated rings. The second-order valence-electron chi connectivity index (χ2n) is 23.8. The molecule has 0 aliphatic rings. The van der Waals surface area contributed by atoms with E-state index in [-0.39, 0.29) is 31.1 Å².